The Morgan fingerprint density at radius 3 is 3.05 bits per heavy atom. The molecule has 1 saturated heterocycles. The number of benzene rings is 1. The molecule has 0 aliphatic carbocycles. The van der Waals surface area contributed by atoms with E-state index in [1.807, 2.05) is 12.1 Å². The molecule has 110 valence electrons. The van der Waals surface area contributed by atoms with Crippen molar-refractivity contribution in [1.82, 2.24) is 10.2 Å². The summed E-state index contributed by atoms with van der Waals surface area (Å²) in [5.41, 5.74) is 0.887. The summed E-state index contributed by atoms with van der Waals surface area (Å²) in [6.07, 6.45) is 0.489. The first-order chi connectivity index (χ1) is 9.51. The molecule has 0 saturated carbocycles. The van der Waals surface area contributed by atoms with Crippen LogP contribution in [-0.4, -0.2) is 42.3 Å². The highest BCUT2D eigenvalue weighted by Crippen LogP contribution is 2.32. The quantitative estimate of drug-likeness (QED) is 0.886. The third-order valence-corrected chi connectivity index (χ3v) is 4.21. The van der Waals surface area contributed by atoms with E-state index in [9.17, 15) is 9.90 Å². The Labute approximate surface area is 127 Å². The van der Waals surface area contributed by atoms with Crippen LogP contribution >= 0.6 is 15.9 Å². The lowest BCUT2D eigenvalue weighted by atomic mass is 10.1. The van der Waals surface area contributed by atoms with E-state index in [4.69, 9.17) is 0 Å². The summed E-state index contributed by atoms with van der Waals surface area (Å²) in [6, 6.07) is 5.63. The average Bonchev–Trinajstić information content (AvgIpc) is 2.89. The number of phenols is 1. The lowest BCUT2D eigenvalue weighted by Gasteiger charge is -2.25. The number of amides is 1. The van der Waals surface area contributed by atoms with Gasteiger partial charge in [0, 0.05) is 35.2 Å². The molecule has 20 heavy (non-hydrogen) atoms. The SMILES string of the molecule is COC(=O)NC1CCN(C(C)c2cc(Br)ccc2O)C1. The molecule has 5 nitrogen and oxygen atoms in total. The number of likely N-dealkylation sites (tertiary alicyclic amines) is 1. The van der Waals surface area contributed by atoms with Crippen molar-refractivity contribution in [1.29, 1.82) is 0 Å². The van der Waals surface area contributed by atoms with Gasteiger partial charge in [-0.25, -0.2) is 4.79 Å². The van der Waals surface area contributed by atoms with Crippen molar-refractivity contribution in [2.75, 3.05) is 20.2 Å². The van der Waals surface area contributed by atoms with E-state index in [0.29, 0.717) is 5.75 Å². The Morgan fingerprint density at radius 2 is 2.35 bits per heavy atom. The Balaban J connectivity index is 2.02. The van der Waals surface area contributed by atoms with Crippen molar-refractivity contribution in [2.24, 2.45) is 0 Å². The van der Waals surface area contributed by atoms with Gasteiger partial charge in [0.1, 0.15) is 5.75 Å². The number of carbonyl (C=O) groups excluding carboxylic acids is 1. The van der Waals surface area contributed by atoms with E-state index in [1.54, 1.807) is 6.07 Å². The molecule has 1 aromatic carbocycles. The summed E-state index contributed by atoms with van der Waals surface area (Å²) in [7, 11) is 1.37. The highest BCUT2D eigenvalue weighted by molar-refractivity contribution is 9.10. The summed E-state index contributed by atoms with van der Waals surface area (Å²) in [6.45, 7) is 3.69. The van der Waals surface area contributed by atoms with Crippen LogP contribution in [0.1, 0.15) is 24.9 Å². The van der Waals surface area contributed by atoms with Crippen molar-refractivity contribution in [3.8, 4) is 5.75 Å². The van der Waals surface area contributed by atoms with E-state index < -0.39 is 6.09 Å². The van der Waals surface area contributed by atoms with Crippen LogP contribution in [0.4, 0.5) is 4.79 Å². The fourth-order valence-corrected chi connectivity index (χ4v) is 2.92. The largest absolute Gasteiger partial charge is 0.508 e. The van der Waals surface area contributed by atoms with Crippen LogP contribution in [0.3, 0.4) is 0 Å². The predicted molar refractivity (Wildman–Crippen MR) is 79.7 cm³/mol. The third-order valence-electron chi connectivity index (χ3n) is 3.71. The number of ether oxygens (including phenoxy) is 1. The molecule has 1 aromatic rings. The number of phenolic OH excluding ortho intramolecular Hbond substituents is 1. The number of hydrogen-bond acceptors (Lipinski definition) is 4. The maximum Gasteiger partial charge on any atom is 0.407 e. The molecule has 1 amide bonds. The molecule has 1 aliphatic heterocycles. The maximum atomic E-state index is 11.2. The normalized spacial score (nSPS) is 20.6. The number of aromatic hydroxyl groups is 1. The summed E-state index contributed by atoms with van der Waals surface area (Å²) in [4.78, 5) is 13.5. The number of nitrogens with one attached hydrogen (secondary N) is 1. The first-order valence-corrected chi connectivity index (χ1v) is 7.37. The minimum atomic E-state index is -0.394. The standard InChI is InChI=1S/C14H19BrN2O3/c1-9(12-7-10(15)3-4-13(12)18)17-6-5-11(8-17)16-14(19)20-2/h3-4,7,9,11,18H,5-6,8H2,1-2H3,(H,16,19). The Morgan fingerprint density at radius 1 is 1.60 bits per heavy atom. The van der Waals surface area contributed by atoms with Crippen molar-refractivity contribution in [3.63, 3.8) is 0 Å². The molecule has 2 rings (SSSR count). The van der Waals surface area contributed by atoms with Crippen LogP contribution in [0.2, 0.25) is 0 Å². The molecule has 1 aliphatic rings. The van der Waals surface area contributed by atoms with E-state index in [0.717, 1.165) is 29.5 Å². The topological polar surface area (TPSA) is 61.8 Å². The first kappa shape index (κ1) is 15.1. The summed E-state index contributed by atoms with van der Waals surface area (Å²) in [5, 5.41) is 12.8. The maximum absolute atomic E-state index is 11.2. The smallest absolute Gasteiger partial charge is 0.407 e. The second-order valence-electron chi connectivity index (χ2n) is 5.00. The molecule has 2 atom stereocenters. The van der Waals surface area contributed by atoms with Crippen molar-refractivity contribution >= 4 is 22.0 Å². The zero-order chi connectivity index (χ0) is 14.7. The van der Waals surface area contributed by atoms with Gasteiger partial charge in [-0.1, -0.05) is 15.9 Å². The number of carbonyl (C=O) groups is 1. The number of alkyl carbamates (subject to hydrolysis) is 1. The van der Waals surface area contributed by atoms with Crippen molar-refractivity contribution in [2.45, 2.75) is 25.4 Å². The van der Waals surface area contributed by atoms with Gasteiger partial charge in [-0.2, -0.15) is 0 Å². The molecule has 1 heterocycles. The minimum absolute atomic E-state index is 0.0944. The molecule has 0 spiro atoms. The summed E-state index contributed by atoms with van der Waals surface area (Å²) in [5.74, 6) is 0.296. The summed E-state index contributed by atoms with van der Waals surface area (Å²) < 4.78 is 5.56. The Bertz CT molecular complexity index is 495. The third kappa shape index (κ3) is 3.43. The molecular formula is C14H19BrN2O3. The zero-order valence-electron chi connectivity index (χ0n) is 11.6. The van der Waals surface area contributed by atoms with Crippen LogP contribution < -0.4 is 5.32 Å². The van der Waals surface area contributed by atoms with Gasteiger partial charge in [-0.15, -0.1) is 0 Å². The lowest BCUT2D eigenvalue weighted by molar-refractivity contribution is 0.165. The highest BCUT2D eigenvalue weighted by atomic mass is 79.9. The van der Waals surface area contributed by atoms with E-state index in [-0.39, 0.29) is 12.1 Å². The summed E-state index contributed by atoms with van der Waals surface area (Å²) >= 11 is 3.42. The van der Waals surface area contributed by atoms with Gasteiger partial charge in [0.15, 0.2) is 0 Å². The van der Waals surface area contributed by atoms with Crippen LogP contribution in [0, 0.1) is 0 Å². The molecule has 1 fully saturated rings. The number of methoxy groups -OCH3 is 1. The van der Waals surface area contributed by atoms with Gasteiger partial charge in [0.05, 0.1) is 7.11 Å². The Hall–Kier alpha value is -1.27. The monoisotopic (exact) mass is 342 g/mol. The van der Waals surface area contributed by atoms with Crippen LogP contribution in [-0.2, 0) is 4.74 Å². The van der Waals surface area contributed by atoms with Gasteiger partial charge in [0.25, 0.3) is 0 Å². The van der Waals surface area contributed by atoms with Gasteiger partial charge < -0.3 is 15.2 Å². The average molecular weight is 343 g/mol. The molecular weight excluding hydrogens is 324 g/mol. The highest BCUT2D eigenvalue weighted by Gasteiger charge is 2.29. The van der Waals surface area contributed by atoms with Gasteiger partial charge in [-0.3, -0.25) is 4.90 Å². The van der Waals surface area contributed by atoms with Crippen molar-refractivity contribution < 1.29 is 14.6 Å². The number of rotatable bonds is 3. The van der Waals surface area contributed by atoms with Gasteiger partial charge in [-0.05, 0) is 31.5 Å². The first-order valence-electron chi connectivity index (χ1n) is 6.58. The van der Waals surface area contributed by atoms with E-state index in [2.05, 4.69) is 37.8 Å². The van der Waals surface area contributed by atoms with E-state index >= 15 is 0 Å². The lowest BCUT2D eigenvalue weighted by Crippen LogP contribution is -2.37. The van der Waals surface area contributed by atoms with E-state index in [1.165, 1.54) is 7.11 Å². The number of nitrogens with zero attached hydrogens (tertiary/aromatic N) is 1. The molecule has 0 aromatic heterocycles. The number of hydrogen-bond donors (Lipinski definition) is 2. The van der Waals surface area contributed by atoms with Crippen LogP contribution in [0.25, 0.3) is 0 Å². The van der Waals surface area contributed by atoms with Crippen LogP contribution in [0.5, 0.6) is 5.75 Å². The molecule has 0 bridgehead atoms. The van der Waals surface area contributed by atoms with Crippen LogP contribution in [0.15, 0.2) is 22.7 Å². The molecule has 0 radical (unpaired) electrons. The minimum Gasteiger partial charge on any atom is -0.508 e. The molecule has 6 heteroatoms. The second kappa shape index (κ2) is 6.45. The van der Waals surface area contributed by atoms with Gasteiger partial charge >= 0.3 is 6.09 Å². The second-order valence-corrected chi connectivity index (χ2v) is 5.91. The molecule has 2 unspecified atom stereocenters. The predicted octanol–water partition coefficient (Wildman–Crippen LogP) is 2.65. The Kier molecular flexibility index (Phi) is 4.88. The molecule has 2 N–H and O–H groups in total. The zero-order valence-corrected chi connectivity index (χ0v) is 13.2. The number of halogens is 1. The van der Waals surface area contributed by atoms with Crippen molar-refractivity contribution in [3.05, 3.63) is 28.2 Å². The van der Waals surface area contributed by atoms with Gasteiger partial charge in [0.2, 0.25) is 0 Å². The fraction of sp³-hybridized carbons (Fsp3) is 0.500. The fourth-order valence-electron chi connectivity index (χ4n) is 2.54.